The number of rotatable bonds is 5. The molecule has 2 aromatic rings. The fourth-order valence-electron chi connectivity index (χ4n) is 2.81. The largest absolute Gasteiger partial charge is 0.416 e. The van der Waals surface area contributed by atoms with Gasteiger partial charge in [-0.2, -0.15) is 13.2 Å². The van der Waals surface area contributed by atoms with Gasteiger partial charge in [0.25, 0.3) is 0 Å². The van der Waals surface area contributed by atoms with E-state index in [9.17, 15) is 18.0 Å². The molecule has 1 aliphatic rings. The molecule has 0 unspecified atom stereocenters. The maximum Gasteiger partial charge on any atom is 0.416 e. The molecule has 1 aromatic heterocycles. The van der Waals surface area contributed by atoms with Crippen molar-refractivity contribution in [2.45, 2.75) is 51.9 Å². The van der Waals surface area contributed by atoms with Crippen molar-refractivity contribution in [3.63, 3.8) is 0 Å². The van der Waals surface area contributed by atoms with Crippen LogP contribution < -0.4 is 0 Å². The van der Waals surface area contributed by atoms with Gasteiger partial charge in [0.2, 0.25) is 5.91 Å². The van der Waals surface area contributed by atoms with Crippen molar-refractivity contribution in [3.8, 4) is 0 Å². The highest BCUT2D eigenvalue weighted by Gasteiger charge is 2.34. The van der Waals surface area contributed by atoms with Gasteiger partial charge < -0.3 is 9.42 Å². The van der Waals surface area contributed by atoms with Crippen LogP contribution in [0.15, 0.2) is 28.8 Å². The lowest BCUT2D eigenvalue weighted by Crippen LogP contribution is -2.34. The molecule has 1 aromatic carbocycles. The van der Waals surface area contributed by atoms with Crippen molar-refractivity contribution < 1.29 is 22.5 Å². The standard InChI is InChI=1S/C18H19F3N2O2/c1-11-16(12(2)25-22-11)9-17(24)23(15-7-8-15)10-13-3-5-14(6-4-13)18(19,20)21/h3-6,15H,7-10H2,1-2H3. The summed E-state index contributed by atoms with van der Waals surface area (Å²) in [5.74, 6) is 0.563. The van der Waals surface area contributed by atoms with Crippen LogP contribution in [0.5, 0.6) is 0 Å². The van der Waals surface area contributed by atoms with Gasteiger partial charge in [-0.05, 0) is 44.4 Å². The Morgan fingerprint density at radius 2 is 1.88 bits per heavy atom. The second kappa shape index (κ2) is 6.54. The maximum absolute atomic E-state index is 12.7. The van der Waals surface area contributed by atoms with Crippen LogP contribution in [0.4, 0.5) is 13.2 Å². The number of aryl methyl sites for hydroxylation is 2. The van der Waals surface area contributed by atoms with Crippen LogP contribution in [0, 0.1) is 13.8 Å². The molecule has 1 saturated carbocycles. The molecule has 25 heavy (non-hydrogen) atoms. The highest BCUT2D eigenvalue weighted by molar-refractivity contribution is 5.79. The van der Waals surface area contributed by atoms with Gasteiger partial charge in [-0.1, -0.05) is 17.3 Å². The minimum atomic E-state index is -4.35. The number of carbonyl (C=O) groups is 1. The lowest BCUT2D eigenvalue weighted by Gasteiger charge is -2.23. The Morgan fingerprint density at radius 3 is 2.36 bits per heavy atom. The zero-order chi connectivity index (χ0) is 18.2. The lowest BCUT2D eigenvalue weighted by molar-refractivity contribution is -0.137. The van der Waals surface area contributed by atoms with Crippen molar-refractivity contribution in [1.82, 2.24) is 10.1 Å². The quantitative estimate of drug-likeness (QED) is 0.816. The van der Waals surface area contributed by atoms with Gasteiger partial charge in [0.1, 0.15) is 5.76 Å². The molecule has 0 N–H and O–H groups in total. The molecule has 0 atom stereocenters. The first-order valence-corrected chi connectivity index (χ1v) is 8.13. The van der Waals surface area contributed by atoms with Crippen LogP contribution in [0.1, 0.15) is 41.0 Å². The molecule has 7 heteroatoms. The summed E-state index contributed by atoms with van der Waals surface area (Å²) in [5.41, 5.74) is 1.47. The zero-order valence-electron chi connectivity index (χ0n) is 14.1. The second-order valence-electron chi connectivity index (χ2n) is 6.43. The molecule has 0 aliphatic heterocycles. The van der Waals surface area contributed by atoms with Crippen LogP contribution in [0.2, 0.25) is 0 Å². The van der Waals surface area contributed by atoms with Crippen LogP contribution in [0.3, 0.4) is 0 Å². The number of benzene rings is 1. The number of carbonyl (C=O) groups excluding carboxylic acids is 1. The number of amides is 1. The van der Waals surface area contributed by atoms with E-state index in [1.165, 1.54) is 12.1 Å². The van der Waals surface area contributed by atoms with Crippen LogP contribution in [-0.4, -0.2) is 22.0 Å². The molecule has 1 aliphatic carbocycles. The fourth-order valence-corrected chi connectivity index (χ4v) is 2.81. The van der Waals surface area contributed by atoms with E-state index in [1.807, 2.05) is 0 Å². The van der Waals surface area contributed by atoms with Gasteiger partial charge in [-0.3, -0.25) is 4.79 Å². The van der Waals surface area contributed by atoms with Crippen molar-refractivity contribution in [3.05, 3.63) is 52.4 Å². The number of hydrogen-bond acceptors (Lipinski definition) is 3. The Morgan fingerprint density at radius 1 is 1.24 bits per heavy atom. The van der Waals surface area contributed by atoms with Crippen molar-refractivity contribution in [2.75, 3.05) is 0 Å². The monoisotopic (exact) mass is 352 g/mol. The number of hydrogen-bond donors (Lipinski definition) is 0. The Hall–Kier alpha value is -2.31. The number of aromatic nitrogens is 1. The summed E-state index contributed by atoms with van der Waals surface area (Å²) in [6.45, 7) is 3.86. The normalized spacial score (nSPS) is 14.6. The number of halogens is 3. The predicted molar refractivity (Wildman–Crippen MR) is 84.7 cm³/mol. The van der Waals surface area contributed by atoms with Crippen LogP contribution in [-0.2, 0) is 23.9 Å². The zero-order valence-corrected chi connectivity index (χ0v) is 14.1. The number of alkyl halides is 3. The Labute approximate surface area is 143 Å². The van der Waals surface area contributed by atoms with E-state index < -0.39 is 11.7 Å². The molecule has 0 bridgehead atoms. The first kappa shape index (κ1) is 17.5. The van der Waals surface area contributed by atoms with Gasteiger partial charge >= 0.3 is 6.18 Å². The van der Waals surface area contributed by atoms with E-state index in [4.69, 9.17) is 4.52 Å². The van der Waals surface area contributed by atoms with Gasteiger partial charge in [0, 0.05) is 18.2 Å². The van der Waals surface area contributed by atoms with E-state index in [2.05, 4.69) is 5.16 Å². The molecular weight excluding hydrogens is 333 g/mol. The summed E-state index contributed by atoms with van der Waals surface area (Å²) >= 11 is 0. The molecule has 1 amide bonds. The molecule has 4 nitrogen and oxygen atoms in total. The Kier molecular flexibility index (Phi) is 4.58. The van der Waals surface area contributed by atoms with Crippen molar-refractivity contribution in [1.29, 1.82) is 0 Å². The predicted octanol–water partition coefficient (Wildman–Crippen LogP) is 4.04. The van der Waals surface area contributed by atoms with Crippen molar-refractivity contribution >= 4 is 5.91 Å². The third-order valence-corrected chi connectivity index (χ3v) is 4.45. The van der Waals surface area contributed by atoms with E-state index >= 15 is 0 Å². The first-order chi connectivity index (χ1) is 11.8. The van der Waals surface area contributed by atoms with Gasteiger partial charge in [0.05, 0.1) is 17.7 Å². The summed E-state index contributed by atoms with van der Waals surface area (Å²) in [5, 5.41) is 3.85. The second-order valence-corrected chi connectivity index (χ2v) is 6.43. The van der Waals surface area contributed by atoms with Crippen molar-refractivity contribution in [2.24, 2.45) is 0 Å². The lowest BCUT2D eigenvalue weighted by atomic mass is 10.1. The Bertz CT molecular complexity index is 742. The molecule has 1 heterocycles. The average molecular weight is 352 g/mol. The minimum absolute atomic E-state index is 0.0585. The molecule has 0 saturated heterocycles. The molecule has 134 valence electrons. The first-order valence-electron chi connectivity index (χ1n) is 8.13. The highest BCUT2D eigenvalue weighted by Crippen LogP contribution is 2.31. The average Bonchev–Trinajstić information content (AvgIpc) is 3.34. The van der Waals surface area contributed by atoms with E-state index in [-0.39, 0.29) is 18.4 Å². The summed E-state index contributed by atoms with van der Waals surface area (Å²) < 4.78 is 43.1. The molecule has 0 radical (unpaired) electrons. The van der Waals surface area contributed by atoms with Gasteiger partial charge in [-0.15, -0.1) is 0 Å². The summed E-state index contributed by atoms with van der Waals surface area (Å²) in [7, 11) is 0. The minimum Gasteiger partial charge on any atom is -0.361 e. The van der Waals surface area contributed by atoms with Gasteiger partial charge in [0.15, 0.2) is 0 Å². The maximum atomic E-state index is 12.7. The molecular formula is C18H19F3N2O2. The van der Waals surface area contributed by atoms with Crippen LogP contribution >= 0.6 is 0 Å². The van der Waals surface area contributed by atoms with Gasteiger partial charge in [-0.25, -0.2) is 0 Å². The summed E-state index contributed by atoms with van der Waals surface area (Å²) in [4.78, 5) is 14.4. The third-order valence-electron chi connectivity index (χ3n) is 4.45. The molecule has 3 rings (SSSR count). The molecule has 0 spiro atoms. The summed E-state index contributed by atoms with van der Waals surface area (Å²) in [6, 6.07) is 5.14. The third kappa shape index (κ3) is 4.03. The smallest absolute Gasteiger partial charge is 0.361 e. The van der Waals surface area contributed by atoms with E-state index in [1.54, 1.807) is 18.7 Å². The number of nitrogens with zero attached hydrogens (tertiary/aromatic N) is 2. The SMILES string of the molecule is Cc1noc(C)c1CC(=O)N(Cc1ccc(C(F)(F)F)cc1)C1CC1. The summed E-state index contributed by atoms with van der Waals surface area (Å²) in [6.07, 6.45) is -2.31. The fraction of sp³-hybridized carbons (Fsp3) is 0.444. The van der Waals surface area contributed by atoms with E-state index in [0.717, 1.165) is 30.5 Å². The topological polar surface area (TPSA) is 46.3 Å². The highest BCUT2D eigenvalue weighted by atomic mass is 19.4. The Balaban J connectivity index is 1.72. The van der Waals surface area contributed by atoms with Crippen LogP contribution in [0.25, 0.3) is 0 Å². The van der Waals surface area contributed by atoms with E-state index in [0.29, 0.717) is 23.6 Å². The molecule has 1 fully saturated rings.